The van der Waals surface area contributed by atoms with Crippen LogP contribution in [0.25, 0.3) is 0 Å². The molecule has 0 saturated carbocycles. The molecule has 0 aliphatic rings. The first-order valence-electron chi connectivity index (χ1n) is 6.78. The first-order chi connectivity index (χ1) is 9.65. The molecule has 0 aromatic carbocycles. The molecule has 1 rings (SSSR count). The minimum atomic E-state index is -0.00705. The Bertz CT molecular complexity index is 412. The summed E-state index contributed by atoms with van der Waals surface area (Å²) in [7, 11) is 3.51. The number of nitrogens with zero attached hydrogens (tertiary/aromatic N) is 2. The molecule has 6 nitrogen and oxygen atoms in total. The van der Waals surface area contributed by atoms with Crippen LogP contribution in [-0.2, 0) is 16.1 Å². The second kappa shape index (κ2) is 9.28. The van der Waals surface area contributed by atoms with Gasteiger partial charge in [0.05, 0.1) is 18.8 Å². The smallest absolute Gasteiger partial charge is 0.234 e. The van der Waals surface area contributed by atoms with Crippen molar-refractivity contribution in [1.29, 1.82) is 0 Å². The van der Waals surface area contributed by atoms with Crippen molar-refractivity contribution in [3.63, 3.8) is 0 Å². The Morgan fingerprint density at radius 1 is 1.50 bits per heavy atom. The number of hydrogen-bond donors (Lipinski definition) is 2. The Hall–Kier alpha value is -1.66. The van der Waals surface area contributed by atoms with E-state index in [0.29, 0.717) is 26.2 Å². The highest BCUT2D eigenvalue weighted by Crippen LogP contribution is 2.08. The molecule has 0 saturated heterocycles. The van der Waals surface area contributed by atoms with Crippen molar-refractivity contribution in [1.82, 2.24) is 15.2 Å². The third-order valence-corrected chi connectivity index (χ3v) is 2.67. The largest absolute Gasteiger partial charge is 0.385 e. The van der Waals surface area contributed by atoms with E-state index in [9.17, 15) is 4.79 Å². The van der Waals surface area contributed by atoms with Gasteiger partial charge in [0.2, 0.25) is 5.91 Å². The van der Waals surface area contributed by atoms with Crippen LogP contribution in [0.1, 0.15) is 12.6 Å². The van der Waals surface area contributed by atoms with Crippen LogP contribution >= 0.6 is 0 Å². The predicted octanol–water partition coefficient (Wildman–Crippen LogP) is 0.708. The lowest BCUT2D eigenvalue weighted by Gasteiger charge is -2.16. The van der Waals surface area contributed by atoms with E-state index in [0.717, 1.165) is 17.9 Å². The number of carbonyl (C=O) groups is 1. The maximum Gasteiger partial charge on any atom is 0.234 e. The van der Waals surface area contributed by atoms with Gasteiger partial charge in [-0.2, -0.15) is 0 Å². The highest BCUT2D eigenvalue weighted by atomic mass is 16.5. The summed E-state index contributed by atoms with van der Waals surface area (Å²) in [6, 6.07) is 3.94. The zero-order chi connectivity index (χ0) is 14.8. The van der Waals surface area contributed by atoms with Crippen molar-refractivity contribution < 1.29 is 9.53 Å². The van der Waals surface area contributed by atoms with Crippen molar-refractivity contribution in [2.24, 2.45) is 0 Å². The summed E-state index contributed by atoms with van der Waals surface area (Å²) in [5.74, 6) is -0.00705. The minimum absolute atomic E-state index is 0.00705. The molecule has 1 aromatic heterocycles. The van der Waals surface area contributed by atoms with E-state index >= 15 is 0 Å². The Morgan fingerprint density at radius 3 is 3.00 bits per heavy atom. The SMILES string of the molecule is CCNc1ccnc(CN(C)CC(=O)NCCOC)c1. The van der Waals surface area contributed by atoms with E-state index in [4.69, 9.17) is 4.74 Å². The molecule has 0 aliphatic heterocycles. The fourth-order valence-electron chi connectivity index (χ4n) is 1.80. The van der Waals surface area contributed by atoms with Crippen molar-refractivity contribution in [3.8, 4) is 0 Å². The van der Waals surface area contributed by atoms with Gasteiger partial charge in [-0.15, -0.1) is 0 Å². The lowest BCUT2D eigenvalue weighted by molar-refractivity contribution is -0.122. The first-order valence-corrected chi connectivity index (χ1v) is 6.78. The number of anilines is 1. The van der Waals surface area contributed by atoms with Crippen molar-refractivity contribution in [3.05, 3.63) is 24.0 Å². The molecule has 0 radical (unpaired) electrons. The second-order valence-corrected chi connectivity index (χ2v) is 4.58. The van der Waals surface area contributed by atoms with E-state index in [2.05, 4.69) is 22.5 Å². The summed E-state index contributed by atoms with van der Waals surface area (Å²) < 4.78 is 4.88. The van der Waals surface area contributed by atoms with Gasteiger partial charge in [0, 0.05) is 38.6 Å². The van der Waals surface area contributed by atoms with Crippen LogP contribution in [0, 0.1) is 0 Å². The van der Waals surface area contributed by atoms with Gasteiger partial charge < -0.3 is 15.4 Å². The van der Waals surface area contributed by atoms with E-state index < -0.39 is 0 Å². The molecule has 20 heavy (non-hydrogen) atoms. The number of carbonyl (C=O) groups excluding carboxylic acids is 1. The minimum Gasteiger partial charge on any atom is -0.385 e. The van der Waals surface area contributed by atoms with Crippen LogP contribution in [0.4, 0.5) is 5.69 Å². The molecule has 0 unspecified atom stereocenters. The van der Waals surface area contributed by atoms with Crippen LogP contribution < -0.4 is 10.6 Å². The van der Waals surface area contributed by atoms with Gasteiger partial charge >= 0.3 is 0 Å². The lowest BCUT2D eigenvalue weighted by Crippen LogP contribution is -2.36. The van der Waals surface area contributed by atoms with Crippen LogP contribution in [0.3, 0.4) is 0 Å². The van der Waals surface area contributed by atoms with Gasteiger partial charge in [-0.05, 0) is 26.1 Å². The molecule has 0 spiro atoms. The third kappa shape index (κ3) is 6.49. The van der Waals surface area contributed by atoms with Crippen LogP contribution in [0.15, 0.2) is 18.3 Å². The van der Waals surface area contributed by atoms with Gasteiger partial charge in [0.1, 0.15) is 0 Å². The van der Waals surface area contributed by atoms with Crippen LogP contribution in [-0.4, -0.2) is 56.2 Å². The molecule has 6 heteroatoms. The predicted molar refractivity (Wildman–Crippen MR) is 79.6 cm³/mol. The van der Waals surface area contributed by atoms with Gasteiger partial charge in [-0.1, -0.05) is 0 Å². The van der Waals surface area contributed by atoms with Crippen LogP contribution in [0.2, 0.25) is 0 Å². The molecule has 1 heterocycles. The van der Waals surface area contributed by atoms with Crippen molar-refractivity contribution in [2.45, 2.75) is 13.5 Å². The quantitative estimate of drug-likeness (QED) is 0.652. The number of pyridine rings is 1. The van der Waals surface area contributed by atoms with E-state index in [-0.39, 0.29) is 5.91 Å². The molecule has 0 atom stereocenters. The number of nitrogens with one attached hydrogen (secondary N) is 2. The molecule has 0 fully saturated rings. The third-order valence-electron chi connectivity index (χ3n) is 2.67. The molecule has 0 aliphatic carbocycles. The van der Waals surface area contributed by atoms with Crippen molar-refractivity contribution in [2.75, 3.05) is 45.7 Å². The molecule has 112 valence electrons. The topological polar surface area (TPSA) is 66.5 Å². The van der Waals surface area contributed by atoms with E-state index in [1.54, 1.807) is 13.3 Å². The Balaban J connectivity index is 2.39. The number of rotatable bonds is 9. The monoisotopic (exact) mass is 280 g/mol. The Labute approximate surface area is 120 Å². The number of aromatic nitrogens is 1. The molecule has 2 N–H and O–H groups in total. The molecule has 1 amide bonds. The Kier molecular flexibility index (Phi) is 7.60. The maximum atomic E-state index is 11.6. The van der Waals surface area contributed by atoms with Gasteiger partial charge in [-0.3, -0.25) is 14.7 Å². The summed E-state index contributed by atoms with van der Waals surface area (Å²) >= 11 is 0. The summed E-state index contributed by atoms with van der Waals surface area (Å²) in [6.45, 7) is 4.98. The summed E-state index contributed by atoms with van der Waals surface area (Å²) in [5.41, 5.74) is 1.99. The average Bonchev–Trinajstić information content (AvgIpc) is 2.39. The zero-order valence-electron chi connectivity index (χ0n) is 12.5. The molecular weight excluding hydrogens is 256 g/mol. The highest BCUT2D eigenvalue weighted by molar-refractivity contribution is 5.77. The fraction of sp³-hybridized carbons (Fsp3) is 0.571. The van der Waals surface area contributed by atoms with Gasteiger partial charge in [-0.25, -0.2) is 0 Å². The number of methoxy groups -OCH3 is 1. The van der Waals surface area contributed by atoms with E-state index in [1.807, 2.05) is 24.1 Å². The molecule has 1 aromatic rings. The zero-order valence-corrected chi connectivity index (χ0v) is 12.5. The molecular formula is C14H24N4O2. The fourth-order valence-corrected chi connectivity index (χ4v) is 1.80. The summed E-state index contributed by atoms with van der Waals surface area (Å²) in [6.07, 6.45) is 1.78. The average molecular weight is 280 g/mol. The summed E-state index contributed by atoms with van der Waals surface area (Å²) in [5, 5.41) is 6.04. The van der Waals surface area contributed by atoms with Crippen molar-refractivity contribution >= 4 is 11.6 Å². The molecule has 0 bridgehead atoms. The maximum absolute atomic E-state index is 11.6. The lowest BCUT2D eigenvalue weighted by atomic mass is 10.3. The number of hydrogen-bond acceptors (Lipinski definition) is 5. The summed E-state index contributed by atoms with van der Waals surface area (Å²) in [4.78, 5) is 17.9. The normalized spacial score (nSPS) is 10.6. The van der Waals surface area contributed by atoms with Crippen LogP contribution in [0.5, 0.6) is 0 Å². The number of ether oxygens (including phenoxy) is 1. The second-order valence-electron chi connectivity index (χ2n) is 4.58. The number of amides is 1. The first kappa shape index (κ1) is 16.4. The highest BCUT2D eigenvalue weighted by Gasteiger charge is 2.07. The van der Waals surface area contributed by atoms with E-state index in [1.165, 1.54) is 0 Å². The number of likely N-dealkylation sites (N-methyl/N-ethyl adjacent to an activating group) is 1. The van der Waals surface area contributed by atoms with Gasteiger partial charge in [0.25, 0.3) is 0 Å². The Morgan fingerprint density at radius 2 is 2.30 bits per heavy atom. The standard InChI is InChI=1S/C14H24N4O2/c1-4-15-12-5-6-16-13(9-12)10-18(2)11-14(19)17-7-8-20-3/h5-6,9H,4,7-8,10-11H2,1-3H3,(H,15,16)(H,17,19). The van der Waals surface area contributed by atoms with Gasteiger partial charge in [0.15, 0.2) is 0 Å².